The van der Waals surface area contributed by atoms with Crippen LogP contribution >= 0.6 is 0 Å². The highest BCUT2D eigenvalue weighted by atomic mass is 16.7. The molecule has 1 unspecified atom stereocenters. The summed E-state index contributed by atoms with van der Waals surface area (Å²) in [4.78, 5) is 2.55. The standard InChI is InChI=1S/C32H43NO6/c1-34-17-6-9-28-29(38-23-24-11-13-25(14-12-24)26-7-5-8-27(21-26)35-2)22-30(39-31-10-3-4-18-37-31)32(28)33-15-19-36-20-16-33/h5-8,11-14,17,21,28-32H,3-4,9-10,15-16,18-20,22-23H2,1-2H3/t28-,29-,30+,31?,32+/m0/s1. The molecule has 0 amide bonds. The summed E-state index contributed by atoms with van der Waals surface area (Å²) < 4.78 is 35.7. The van der Waals surface area contributed by atoms with Gasteiger partial charge in [0.25, 0.3) is 0 Å². The Kier molecular flexibility index (Phi) is 10.3. The van der Waals surface area contributed by atoms with Gasteiger partial charge in [0.1, 0.15) is 5.75 Å². The van der Waals surface area contributed by atoms with Crippen LogP contribution < -0.4 is 4.74 Å². The van der Waals surface area contributed by atoms with Crippen molar-refractivity contribution in [3.05, 3.63) is 66.4 Å². The molecule has 2 saturated heterocycles. The summed E-state index contributed by atoms with van der Waals surface area (Å²) in [6, 6.07) is 17.0. The number of hydrogen-bond acceptors (Lipinski definition) is 7. The van der Waals surface area contributed by atoms with Gasteiger partial charge in [-0.05, 0) is 60.6 Å². The molecule has 0 bridgehead atoms. The molecule has 212 valence electrons. The average Bonchev–Trinajstić information content (AvgIpc) is 3.34. The molecule has 2 aromatic rings. The third kappa shape index (κ3) is 7.41. The highest BCUT2D eigenvalue weighted by Crippen LogP contribution is 2.39. The Balaban J connectivity index is 1.29. The fraction of sp³-hybridized carbons (Fsp3) is 0.562. The lowest BCUT2D eigenvalue weighted by Crippen LogP contribution is -2.51. The molecular formula is C32H43NO6. The molecule has 7 heteroatoms. The number of ether oxygens (including phenoxy) is 6. The summed E-state index contributed by atoms with van der Waals surface area (Å²) in [6.45, 7) is 4.70. The number of rotatable bonds is 11. The largest absolute Gasteiger partial charge is 0.505 e. The van der Waals surface area contributed by atoms with Crippen molar-refractivity contribution in [3.8, 4) is 16.9 Å². The smallest absolute Gasteiger partial charge is 0.158 e. The zero-order valence-corrected chi connectivity index (χ0v) is 23.3. The third-order valence-electron chi connectivity index (χ3n) is 8.16. The van der Waals surface area contributed by atoms with Gasteiger partial charge in [0.15, 0.2) is 6.29 Å². The van der Waals surface area contributed by atoms with Gasteiger partial charge >= 0.3 is 0 Å². The fourth-order valence-corrected chi connectivity index (χ4v) is 6.16. The Morgan fingerprint density at radius 2 is 1.79 bits per heavy atom. The third-order valence-corrected chi connectivity index (χ3v) is 8.16. The van der Waals surface area contributed by atoms with Gasteiger partial charge in [0, 0.05) is 38.1 Å². The van der Waals surface area contributed by atoms with Gasteiger partial charge in [-0.2, -0.15) is 0 Å². The normalized spacial score (nSPS) is 28.1. The van der Waals surface area contributed by atoms with Crippen molar-refractivity contribution in [1.82, 2.24) is 4.90 Å². The molecular weight excluding hydrogens is 494 g/mol. The second-order valence-electron chi connectivity index (χ2n) is 10.6. The number of allylic oxidation sites excluding steroid dienone is 1. The van der Waals surface area contributed by atoms with Crippen molar-refractivity contribution < 1.29 is 28.4 Å². The van der Waals surface area contributed by atoms with Crippen molar-refractivity contribution in [3.63, 3.8) is 0 Å². The molecule has 0 aromatic heterocycles. The molecule has 1 saturated carbocycles. The molecule has 2 aromatic carbocycles. The van der Waals surface area contributed by atoms with E-state index in [9.17, 15) is 0 Å². The van der Waals surface area contributed by atoms with Crippen molar-refractivity contribution in [1.29, 1.82) is 0 Å². The van der Waals surface area contributed by atoms with Crippen LogP contribution in [0.4, 0.5) is 0 Å². The second-order valence-corrected chi connectivity index (χ2v) is 10.6. The molecule has 1 aliphatic carbocycles. The highest BCUT2D eigenvalue weighted by Gasteiger charge is 2.48. The molecule has 7 nitrogen and oxygen atoms in total. The van der Waals surface area contributed by atoms with E-state index in [-0.39, 0.29) is 24.5 Å². The van der Waals surface area contributed by atoms with Gasteiger partial charge in [-0.3, -0.25) is 4.90 Å². The van der Waals surface area contributed by atoms with E-state index < -0.39 is 0 Å². The second kappa shape index (κ2) is 14.3. The van der Waals surface area contributed by atoms with Crippen LogP contribution in [0.5, 0.6) is 5.75 Å². The first-order chi connectivity index (χ1) is 19.2. The van der Waals surface area contributed by atoms with Gasteiger partial charge in [0.05, 0.1) is 52.5 Å². The Bertz CT molecular complexity index is 1030. The maximum absolute atomic E-state index is 6.68. The molecule has 0 spiro atoms. The fourth-order valence-electron chi connectivity index (χ4n) is 6.16. The van der Waals surface area contributed by atoms with Crippen LogP contribution in [0.3, 0.4) is 0 Å². The molecule has 0 N–H and O–H groups in total. The molecule has 3 aliphatic rings. The van der Waals surface area contributed by atoms with E-state index in [1.165, 1.54) is 0 Å². The number of morpholine rings is 1. The summed E-state index contributed by atoms with van der Waals surface area (Å²) in [5.74, 6) is 1.15. The van der Waals surface area contributed by atoms with E-state index >= 15 is 0 Å². The van der Waals surface area contributed by atoms with Gasteiger partial charge < -0.3 is 28.4 Å². The zero-order chi connectivity index (χ0) is 26.9. The molecule has 39 heavy (non-hydrogen) atoms. The molecule has 5 rings (SSSR count). The zero-order valence-electron chi connectivity index (χ0n) is 23.3. The Labute approximate surface area is 233 Å². The van der Waals surface area contributed by atoms with Crippen molar-refractivity contribution in [2.24, 2.45) is 5.92 Å². The van der Waals surface area contributed by atoms with E-state index in [0.717, 1.165) is 87.5 Å². The average molecular weight is 538 g/mol. The first kappa shape index (κ1) is 28.1. The van der Waals surface area contributed by atoms with Crippen LogP contribution in [0.15, 0.2) is 60.9 Å². The Morgan fingerprint density at radius 3 is 2.54 bits per heavy atom. The minimum Gasteiger partial charge on any atom is -0.505 e. The van der Waals surface area contributed by atoms with Gasteiger partial charge in [0.2, 0.25) is 0 Å². The molecule has 0 radical (unpaired) electrons. The number of nitrogens with zero attached hydrogens (tertiary/aromatic N) is 1. The van der Waals surface area contributed by atoms with Crippen LogP contribution in [0.1, 0.15) is 37.7 Å². The van der Waals surface area contributed by atoms with Crippen LogP contribution in [0, 0.1) is 5.92 Å². The number of hydrogen-bond donors (Lipinski definition) is 0. The van der Waals surface area contributed by atoms with Gasteiger partial charge in [-0.1, -0.05) is 36.4 Å². The van der Waals surface area contributed by atoms with Crippen molar-refractivity contribution in [2.45, 2.75) is 63.3 Å². The van der Waals surface area contributed by atoms with Crippen molar-refractivity contribution >= 4 is 0 Å². The lowest BCUT2D eigenvalue weighted by Gasteiger charge is -2.39. The lowest BCUT2D eigenvalue weighted by molar-refractivity contribution is -0.200. The van der Waals surface area contributed by atoms with E-state index in [1.54, 1.807) is 20.5 Å². The number of methoxy groups -OCH3 is 2. The van der Waals surface area contributed by atoms with Crippen LogP contribution in [0.2, 0.25) is 0 Å². The topological polar surface area (TPSA) is 58.6 Å². The summed E-state index contributed by atoms with van der Waals surface area (Å²) >= 11 is 0. The maximum Gasteiger partial charge on any atom is 0.158 e. The molecule has 5 atom stereocenters. The SMILES string of the molecule is COC=CC[C@@H]1[C@@H](N2CCOCC2)[C@H](OC2CCCCO2)C[C@@H]1OCc1ccc(-c2cccc(OC)c2)cc1. The van der Waals surface area contributed by atoms with E-state index in [2.05, 4.69) is 47.4 Å². The highest BCUT2D eigenvalue weighted by molar-refractivity contribution is 5.65. The monoisotopic (exact) mass is 537 g/mol. The first-order valence-electron chi connectivity index (χ1n) is 14.4. The van der Waals surface area contributed by atoms with E-state index in [4.69, 9.17) is 28.4 Å². The lowest BCUT2D eigenvalue weighted by atomic mass is 9.95. The predicted molar refractivity (Wildman–Crippen MR) is 151 cm³/mol. The minimum absolute atomic E-state index is 0.0626. The molecule has 2 heterocycles. The minimum atomic E-state index is -0.120. The quantitative estimate of drug-likeness (QED) is 0.354. The first-order valence-corrected chi connectivity index (χ1v) is 14.4. The Hall–Kier alpha value is -2.42. The Morgan fingerprint density at radius 1 is 0.949 bits per heavy atom. The maximum atomic E-state index is 6.68. The van der Waals surface area contributed by atoms with E-state index in [1.807, 2.05) is 12.1 Å². The van der Waals surface area contributed by atoms with Gasteiger partial charge in [-0.25, -0.2) is 0 Å². The summed E-state index contributed by atoms with van der Waals surface area (Å²) in [5.41, 5.74) is 3.46. The summed E-state index contributed by atoms with van der Waals surface area (Å²) in [6.07, 6.45) is 8.89. The van der Waals surface area contributed by atoms with Crippen LogP contribution in [-0.4, -0.2) is 76.6 Å². The van der Waals surface area contributed by atoms with Crippen molar-refractivity contribution in [2.75, 3.05) is 47.1 Å². The number of benzene rings is 2. The van der Waals surface area contributed by atoms with E-state index in [0.29, 0.717) is 12.5 Å². The predicted octanol–water partition coefficient (Wildman–Crippen LogP) is 5.43. The van der Waals surface area contributed by atoms with Crippen LogP contribution in [0.25, 0.3) is 11.1 Å². The van der Waals surface area contributed by atoms with Crippen LogP contribution in [-0.2, 0) is 30.3 Å². The summed E-state index contributed by atoms with van der Waals surface area (Å²) in [7, 11) is 3.39. The summed E-state index contributed by atoms with van der Waals surface area (Å²) in [5, 5.41) is 0. The van der Waals surface area contributed by atoms with Gasteiger partial charge in [-0.15, -0.1) is 0 Å². The molecule has 3 fully saturated rings. The molecule has 2 aliphatic heterocycles.